The normalized spacial score (nSPS) is 13.4. The third-order valence-corrected chi connectivity index (χ3v) is 7.69. The van der Waals surface area contributed by atoms with Crippen molar-refractivity contribution in [2.45, 2.75) is 19.3 Å². The zero-order chi connectivity index (χ0) is 25.0. The predicted octanol–water partition coefficient (Wildman–Crippen LogP) is 8.94. The van der Waals surface area contributed by atoms with Crippen molar-refractivity contribution >= 4 is 10.9 Å². The Morgan fingerprint density at radius 2 is 1.16 bits per heavy atom. The van der Waals surface area contributed by atoms with Crippen molar-refractivity contribution in [1.29, 1.82) is 0 Å². The molecule has 0 amide bonds. The molecular weight excluding hydrogens is 448 g/mol. The number of hydrogen-bond acceptors (Lipinski definition) is 2. The maximum Gasteiger partial charge on any atom is 0.160 e. The Labute approximate surface area is 217 Å². The second-order valence-corrected chi connectivity index (χ2v) is 10.3. The quantitative estimate of drug-likeness (QED) is 0.256. The maximum atomic E-state index is 5.07. The van der Waals surface area contributed by atoms with Gasteiger partial charge in [-0.15, -0.1) is 0 Å². The van der Waals surface area contributed by atoms with E-state index in [2.05, 4.69) is 111 Å². The lowest BCUT2D eigenvalue weighted by Crippen LogP contribution is -2.14. The Hall–Kier alpha value is -4.56. The minimum Gasteiger partial charge on any atom is -0.228 e. The lowest BCUT2D eigenvalue weighted by atomic mass is 9.82. The first-order chi connectivity index (χ1) is 18.1. The largest absolute Gasteiger partial charge is 0.228 e. The SMILES string of the molecule is CC1(C)c2ccccc2-c2c(-c3ccc4c(-c5ccccc5)nc(-c5ccccc5)nc4c3)cccc21. The van der Waals surface area contributed by atoms with Gasteiger partial charge in [0.1, 0.15) is 0 Å². The second-order valence-electron chi connectivity index (χ2n) is 10.3. The third-order valence-electron chi connectivity index (χ3n) is 7.69. The molecule has 176 valence electrons. The van der Waals surface area contributed by atoms with E-state index in [9.17, 15) is 0 Å². The number of rotatable bonds is 3. The van der Waals surface area contributed by atoms with Crippen LogP contribution in [0.4, 0.5) is 0 Å². The summed E-state index contributed by atoms with van der Waals surface area (Å²) in [6.07, 6.45) is 0. The van der Waals surface area contributed by atoms with Gasteiger partial charge in [-0.05, 0) is 45.5 Å². The van der Waals surface area contributed by atoms with Crippen LogP contribution >= 0.6 is 0 Å². The van der Waals surface area contributed by atoms with Gasteiger partial charge in [0, 0.05) is 21.9 Å². The number of hydrogen-bond donors (Lipinski definition) is 0. The molecule has 0 aliphatic heterocycles. The summed E-state index contributed by atoms with van der Waals surface area (Å²) in [6, 6.07) is 42.8. The fourth-order valence-corrected chi connectivity index (χ4v) is 5.82. The fourth-order valence-electron chi connectivity index (χ4n) is 5.82. The van der Waals surface area contributed by atoms with Crippen LogP contribution in [0.15, 0.2) is 121 Å². The zero-order valence-corrected chi connectivity index (χ0v) is 20.9. The van der Waals surface area contributed by atoms with Crippen LogP contribution in [0.5, 0.6) is 0 Å². The molecule has 0 saturated carbocycles. The first-order valence-corrected chi connectivity index (χ1v) is 12.8. The summed E-state index contributed by atoms with van der Waals surface area (Å²) >= 11 is 0. The molecule has 6 aromatic rings. The van der Waals surface area contributed by atoms with Crippen LogP contribution < -0.4 is 0 Å². The van der Waals surface area contributed by atoms with Gasteiger partial charge in [0.05, 0.1) is 11.2 Å². The molecular formula is C35H26N2. The zero-order valence-electron chi connectivity index (χ0n) is 20.9. The van der Waals surface area contributed by atoms with Crippen LogP contribution in [0.25, 0.3) is 55.8 Å². The minimum atomic E-state index is -0.0259. The standard InChI is InChI=1S/C35H26N2/c1-35(2)29-18-10-9-16-27(29)32-26(17-11-19-30(32)35)25-20-21-28-31(22-25)36-34(24-14-7-4-8-15-24)37-33(28)23-12-5-3-6-13-23/h3-22H,1-2H3. The van der Waals surface area contributed by atoms with Crippen molar-refractivity contribution in [3.8, 4) is 44.9 Å². The van der Waals surface area contributed by atoms with E-state index in [4.69, 9.17) is 9.97 Å². The smallest absolute Gasteiger partial charge is 0.160 e. The fraction of sp³-hybridized carbons (Fsp3) is 0.0857. The monoisotopic (exact) mass is 474 g/mol. The second kappa shape index (κ2) is 8.25. The van der Waals surface area contributed by atoms with Gasteiger partial charge in [-0.3, -0.25) is 0 Å². The highest BCUT2D eigenvalue weighted by Crippen LogP contribution is 2.52. The summed E-state index contributed by atoms with van der Waals surface area (Å²) < 4.78 is 0. The molecule has 1 heterocycles. The Morgan fingerprint density at radius 1 is 0.514 bits per heavy atom. The van der Waals surface area contributed by atoms with Gasteiger partial charge in [-0.25, -0.2) is 9.97 Å². The molecule has 1 aliphatic carbocycles. The average molecular weight is 475 g/mol. The van der Waals surface area contributed by atoms with Crippen LogP contribution in [0.1, 0.15) is 25.0 Å². The molecule has 0 bridgehead atoms. The van der Waals surface area contributed by atoms with E-state index in [0.29, 0.717) is 0 Å². The predicted molar refractivity (Wildman–Crippen MR) is 153 cm³/mol. The summed E-state index contributed by atoms with van der Waals surface area (Å²) in [7, 11) is 0. The van der Waals surface area contributed by atoms with Gasteiger partial charge in [-0.1, -0.05) is 123 Å². The van der Waals surface area contributed by atoms with E-state index in [1.54, 1.807) is 0 Å². The Balaban J connectivity index is 1.48. The molecule has 37 heavy (non-hydrogen) atoms. The number of nitrogens with zero attached hydrogens (tertiary/aromatic N) is 2. The van der Waals surface area contributed by atoms with E-state index in [1.165, 1.54) is 33.4 Å². The molecule has 0 N–H and O–H groups in total. The highest BCUT2D eigenvalue weighted by molar-refractivity contribution is 5.99. The number of benzene rings is 5. The van der Waals surface area contributed by atoms with Gasteiger partial charge in [0.2, 0.25) is 0 Å². The summed E-state index contributed by atoms with van der Waals surface area (Å²) in [5.41, 5.74) is 11.9. The van der Waals surface area contributed by atoms with E-state index in [-0.39, 0.29) is 5.41 Å². The van der Waals surface area contributed by atoms with Crippen molar-refractivity contribution < 1.29 is 0 Å². The number of aromatic nitrogens is 2. The Kier molecular flexibility index (Phi) is 4.84. The van der Waals surface area contributed by atoms with E-state index in [1.807, 2.05) is 24.3 Å². The van der Waals surface area contributed by atoms with E-state index < -0.39 is 0 Å². The maximum absolute atomic E-state index is 5.07. The molecule has 0 spiro atoms. The molecule has 0 unspecified atom stereocenters. The van der Waals surface area contributed by atoms with Gasteiger partial charge in [-0.2, -0.15) is 0 Å². The van der Waals surface area contributed by atoms with Gasteiger partial charge >= 0.3 is 0 Å². The van der Waals surface area contributed by atoms with Crippen LogP contribution in [-0.4, -0.2) is 9.97 Å². The molecule has 1 aromatic heterocycles. The molecule has 2 heteroatoms. The molecule has 0 saturated heterocycles. The first kappa shape index (κ1) is 21.7. The van der Waals surface area contributed by atoms with Gasteiger partial charge in [0.25, 0.3) is 0 Å². The van der Waals surface area contributed by atoms with Crippen molar-refractivity contribution in [1.82, 2.24) is 9.97 Å². The molecule has 1 aliphatic rings. The Morgan fingerprint density at radius 3 is 1.95 bits per heavy atom. The minimum absolute atomic E-state index is 0.0259. The molecule has 7 rings (SSSR count). The van der Waals surface area contributed by atoms with Crippen molar-refractivity contribution in [2.24, 2.45) is 0 Å². The van der Waals surface area contributed by atoms with Crippen LogP contribution in [0.3, 0.4) is 0 Å². The molecule has 5 aromatic carbocycles. The summed E-state index contributed by atoms with van der Waals surface area (Å²) in [4.78, 5) is 10.1. The number of fused-ring (bicyclic) bond motifs is 4. The highest BCUT2D eigenvalue weighted by Gasteiger charge is 2.36. The van der Waals surface area contributed by atoms with E-state index in [0.717, 1.165) is 33.5 Å². The topological polar surface area (TPSA) is 25.8 Å². The Bertz CT molecular complexity index is 1780. The molecule has 0 radical (unpaired) electrons. The van der Waals surface area contributed by atoms with Crippen LogP contribution in [-0.2, 0) is 5.41 Å². The molecule has 0 atom stereocenters. The van der Waals surface area contributed by atoms with E-state index >= 15 is 0 Å². The van der Waals surface area contributed by atoms with Crippen molar-refractivity contribution in [3.63, 3.8) is 0 Å². The van der Waals surface area contributed by atoms with Crippen LogP contribution in [0.2, 0.25) is 0 Å². The lowest BCUT2D eigenvalue weighted by molar-refractivity contribution is 0.660. The van der Waals surface area contributed by atoms with Crippen LogP contribution in [0, 0.1) is 0 Å². The first-order valence-electron chi connectivity index (χ1n) is 12.8. The van der Waals surface area contributed by atoms with Gasteiger partial charge < -0.3 is 0 Å². The highest BCUT2D eigenvalue weighted by atomic mass is 14.9. The average Bonchev–Trinajstić information content (AvgIpc) is 3.20. The summed E-state index contributed by atoms with van der Waals surface area (Å²) in [5.74, 6) is 0.744. The van der Waals surface area contributed by atoms with Gasteiger partial charge in [0.15, 0.2) is 5.82 Å². The van der Waals surface area contributed by atoms with Crippen molar-refractivity contribution in [3.05, 3.63) is 132 Å². The third kappa shape index (κ3) is 3.41. The molecule has 2 nitrogen and oxygen atoms in total. The van der Waals surface area contributed by atoms with Crippen molar-refractivity contribution in [2.75, 3.05) is 0 Å². The summed E-state index contributed by atoms with van der Waals surface area (Å²) in [6.45, 7) is 4.65. The molecule has 0 fully saturated rings. The summed E-state index contributed by atoms with van der Waals surface area (Å²) in [5, 5.41) is 1.06. The lowest BCUT2D eigenvalue weighted by Gasteiger charge is -2.21.